The second-order valence-electron chi connectivity index (χ2n) is 18.8. The minimum Gasteiger partial charge on any atom is -0.455 e. The quantitative estimate of drug-likeness (QED) is 0.172. The highest BCUT2D eigenvalue weighted by atomic mass is 16.3. The van der Waals surface area contributed by atoms with E-state index < -0.39 is 5.41 Å². The van der Waals surface area contributed by atoms with Crippen LogP contribution >= 0.6 is 0 Å². The molecule has 3 aliphatic rings. The number of fused-ring (bicyclic) bond motifs is 15. The number of nitrogens with zero attached hydrogens (tertiary/aromatic N) is 2. The minimum absolute atomic E-state index is 0.170. The molecule has 1 aromatic heterocycles. The number of hydrogen-bond acceptors (Lipinski definition) is 3. The van der Waals surface area contributed by atoms with Crippen molar-refractivity contribution in [2.75, 3.05) is 9.80 Å². The Labute approximate surface area is 390 Å². The van der Waals surface area contributed by atoms with Gasteiger partial charge in [0, 0.05) is 44.5 Å². The maximum Gasteiger partial charge on any atom is 0.143 e. The first kappa shape index (κ1) is 37.9. The second kappa shape index (κ2) is 14.1. The monoisotopic (exact) mass is 856 g/mol. The Morgan fingerprint density at radius 2 is 0.896 bits per heavy atom. The van der Waals surface area contributed by atoms with Crippen LogP contribution in [0.25, 0.3) is 55.3 Å². The van der Waals surface area contributed by atoms with Crippen LogP contribution in [-0.2, 0) is 10.8 Å². The lowest BCUT2D eigenvalue weighted by Gasteiger charge is -2.45. The van der Waals surface area contributed by atoms with Crippen molar-refractivity contribution in [3.63, 3.8) is 0 Å². The fourth-order valence-electron chi connectivity index (χ4n) is 12.2. The normalized spacial score (nSPS) is 14.3. The average Bonchev–Trinajstić information content (AvgIpc) is 3.98. The van der Waals surface area contributed by atoms with Crippen LogP contribution in [-0.4, -0.2) is 0 Å². The summed E-state index contributed by atoms with van der Waals surface area (Å²) < 4.78 is 6.63. The fraction of sp³-hybridized carbons (Fsp3) is 0.0625. The molecule has 10 aromatic carbocycles. The molecule has 3 heteroatoms. The number of para-hydroxylation sites is 5. The number of rotatable bonds is 5. The lowest BCUT2D eigenvalue weighted by Crippen LogP contribution is -2.36. The van der Waals surface area contributed by atoms with Crippen molar-refractivity contribution < 1.29 is 4.42 Å². The van der Waals surface area contributed by atoms with Gasteiger partial charge in [-0.1, -0.05) is 178 Å². The van der Waals surface area contributed by atoms with Crippen molar-refractivity contribution in [3.05, 3.63) is 264 Å². The van der Waals surface area contributed by atoms with Gasteiger partial charge in [-0.05, 0) is 128 Å². The van der Waals surface area contributed by atoms with Gasteiger partial charge >= 0.3 is 0 Å². The molecule has 3 nitrogen and oxygen atoms in total. The van der Waals surface area contributed by atoms with Crippen LogP contribution < -0.4 is 9.80 Å². The topological polar surface area (TPSA) is 19.6 Å². The van der Waals surface area contributed by atoms with Crippen LogP contribution in [0.3, 0.4) is 0 Å². The van der Waals surface area contributed by atoms with Crippen molar-refractivity contribution in [2.45, 2.75) is 24.7 Å². The van der Waals surface area contributed by atoms with Gasteiger partial charge in [0.25, 0.3) is 0 Å². The third-order valence-corrected chi connectivity index (χ3v) is 15.0. The summed E-state index contributed by atoms with van der Waals surface area (Å²) in [7, 11) is 0. The van der Waals surface area contributed by atoms with E-state index in [1.807, 2.05) is 6.07 Å². The molecule has 14 rings (SSSR count). The predicted octanol–water partition coefficient (Wildman–Crippen LogP) is 17.2. The van der Waals surface area contributed by atoms with Gasteiger partial charge in [0.2, 0.25) is 0 Å². The van der Waals surface area contributed by atoms with Crippen LogP contribution in [0.5, 0.6) is 0 Å². The van der Waals surface area contributed by atoms with Crippen LogP contribution in [0, 0.1) is 0 Å². The van der Waals surface area contributed by atoms with E-state index in [9.17, 15) is 0 Å². The van der Waals surface area contributed by atoms with E-state index in [0.717, 1.165) is 55.8 Å². The van der Waals surface area contributed by atoms with E-state index in [4.69, 9.17) is 4.42 Å². The van der Waals surface area contributed by atoms with Crippen molar-refractivity contribution in [1.29, 1.82) is 0 Å². The van der Waals surface area contributed by atoms with Gasteiger partial charge in [-0.3, -0.25) is 0 Å². The van der Waals surface area contributed by atoms with Gasteiger partial charge < -0.3 is 14.2 Å². The van der Waals surface area contributed by atoms with Gasteiger partial charge in [-0.2, -0.15) is 0 Å². The Bertz CT molecular complexity index is 3770. The first-order valence-electron chi connectivity index (χ1n) is 23.3. The second-order valence-corrected chi connectivity index (χ2v) is 18.8. The number of furan rings is 1. The molecule has 2 aliphatic carbocycles. The Kier molecular flexibility index (Phi) is 7.95. The third-order valence-electron chi connectivity index (χ3n) is 15.0. The first-order chi connectivity index (χ1) is 33.0. The SMILES string of the molecule is CC1(C)c2ccccc2-c2ccc(N(c3cccc(-c4cccc5c4oc4ccccc45)c3)c3ccc4c(c3)C3(c5ccccc5-4)c4ccccc4N(c4ccccc4)c4ccccc43)cc21. The highest BCUT2D eigenvalue weighted by Crippen LogP contribution is 2.64. The summed E-state index contributed by atoms with van der Waals surface area (Å²) in [4.78, 5) is 4.93. The van der Waals surface area contributed by atoms with Gasteiger partial charge in [0.05, 0.1) is 16.8 Å². The third kappa shape index (κ3) is 5.23. The summed E-state index contributed by atoms with van der Waals surface area (Å²) in [5.41, 5.74) is 23.0. The maximum atomic E-state index is 6.63. The van der Waals surface area contributed by atoms with Crippen molar-refractivity contribution in [2.24, 2.45) is 0 Å². The van der Waals surface area contributed by atoms with Crippen molar-refractivity contribution in [3.8, 4) is 33.4 Å². The molecule has 0 radical (unpaired) electrons. The van der Waals surface area contributed by atoms with Crippen LogP contribution in [0.4, 0.5) is 34.1 Å². The molecule has 0 atom stereocenters. The lowest BCUT2D eigenvalue weighted by molar-refractivity contribution is 0.660. The van der Waals surface area contributed by atoms with Crippen LogP contribution in [0.15, 0.2) is 235 Å². The zero-order valence-corrected chi connectivity index (χ0v) is 37.2. The Morgan fingerprint density at radius 1 is 0.373 bits per heavy atom. The molecule has 67 heavy (non-hydrogen) atoms. The fourth-order valence-corrected chi connectivity index (χ4v) is 12.2. The van der Waals surface area contributed by atoms with E-state index >= 15 is 0 Å². The molecule has 316 valence electrons. The summed E-state index contributed by atoms with van der Waals surface area (Å²) in [6.07, 6.45) is 0. The molecule has 2 heterocycles. The summed E-state index contributed by atoms with van der Waals surface area (Å²) in [6.45, 7) is 4.74. The van der Waals surface area contributed by atoms with Crippen LogP contribution in [0.1, 0.15) is 47.2 Å². The molecule has 0 bridgehead atoms. The molecule has 0 fully saturated rings. The van der Waals surface area contributed by atoms with E-state index in [0.29, 0.717) is 0 Å². The van der Waals surface area contributed by atoms with Crippen LogP contribution in [0.2, 0.25) is 0 Å². The van der Waals surface area contributed by atoms with Gasteiger partial charge in [0.15, 0.2) is 0 Å². The van der Waals surface area contributed by atoms with E-state index in [1.54, 1.807) is 0 Å². The van der Waals surface area contributed by atoms with E-state index in [-0.39, 0.29) is 5.41 Å². The largest absolute Gasteiger partial charge is 0.455 e. The molecular formula is C64H44N2O. The molecule has 11 aromatic rings. The highest BCUT2D eigenvalue weighted by molar-refractivity contribution is 6.10. The molecule has 1 aliphatic heterocycles. The Morgan fingerprint density at radius 3 is 1.64 bits per heavy atom. The summed E-state index contributed by atoms with van der Waals surface area (Å²) in [5.74, 6) is 0. The maximum absolute atomic E-state index is 6.63. The zero-order valence-electron chi connectivity index (χ0n) is 37.2. The molecule has 0 saturated carbocycles. The highest BCUT2D eigenvalue weighted by Gasteiger charge is 2.52. The van der Waals surface area contributed by atoms with Crippen molar-refractivity contribution >= 4 is 56.1 Å². The van der Waals surface area contributed by atoms with Gasteiger partial charge in [-0.15, -0.1) is 0 Å². The number of anilines is 6. The Balaban J connectivity index is 1.02. The standard InChI is InChI=1S/C64H44N2O/c1-63(2)53-27-9-6-22-47(53)49-36-34-44(39-57(49)63)65(43-21-16-18-41(38-43)46-25-17-26-52-51-24-8-15-33-61(51)67-62(46)52)45-35-37-50-48-23-7-10-28-54(48)64(58(50)40-45)55-29-11-13-31-59(55)66(42-19-4-3-5-20-42)60-32-14-12-30-56(60)64/h3-40H,1-2H3. The molecule has 0 unspecified atom stereocenters. The molecule has 0 amide bonds. The average molecular weight is 857 g/mol. The van der Waals surface area contributed by atoms with Gasteiger partial charge in [0.1, 0.15) is 11.2 Å². The minimum atomic E-state index is -0.591. The van der Waals surface area contributed by atoms with E-state index in [2.05, 4.69) is 248 Å². The number of benzene rings is 10. The number of hydrogen-bond donors (Lipinski definition) is 0. The molecule has 0 N–H and O–H groups in total. The zero-order chi connectivity index (χ0) is 44.4. The van der Waals surface area contributed by atoms with E-state index in [1.165, 1.54) is 67.0 Å². The predicted molar refractivity (Wildman–Crippen MR) is 277 cm³/mol. The summed E-state index contributed by atoms with van der Waals surface area (Å²) in [5, 5.41) is 2.25. The summed E-state index contributed by atoms with van der Waals surface area (Å²) in [6, 6.07) is 85.1. The lowest BCUT2D eigenvalue weighted by atomic mass is 9.64. The molecule has 0 saturated heterocycles. The Hall–Kier alpha value is -8.40. The first-order valence-corrected chi connectivity index (χ1v) is 23.3. The van der Waals surface area contributed by atoms with Crippen molar-refractivity contribution in [1.82, 2.24) is 0 Å². The van der Waals surface area contributed by atoms with Gasteiger partial charge in [-0.25, -0.2) is 0 Å². The smallest absolute Gasteiger partial charge is 0.143 e. The molecular weight excluding hydrogens is 813 g/mol. The summed E-state index contributed by atoms with van der Waals surface area (Å²) >= 11 is 0. The molecule has 1 spiro atoms.